The van der Waals surface area contributed by atoms with Crippen molar-refractivity contribution in [3.8, 4) is 0 Å². The van der Waals surface area contributed by atoms with Gasteiger partial charge < -0.3 is 5.32 Å². The molecule has 3 N–H and O–H groups in total. The Kier molecular flexibility index (Phi) is 5.01. The molecule has 0 radical (unpaired) electrons. The molecule has 4 saturated carbocycles. The van der Waals surface area contributed by atoms with Crippen LogP contribution in [0.3, 0.4) is 0 Å². The van der Waals surface area contributed by atoms with E-state index in [1.165, 1.54) is 19.3 Å². The smallest absolute Gasteiger partial charge is 0.232 e. The summed E-state index contributed by atoms with van der Waals surface area (Å²) in [7, 11) is 0. The van der Waals surface area contributed by atoms with Crippen LogP contribution < -0.4 is 16.2 Å². The normalized spacial score (nSPS) is 31.6. The lowest BCUT2D eigenvalue weighted by molar-refractivity contribution is -0.144. The number of carbonyl (C=O) groups is 1. The van der Waals surface area contributed by atoms with Gasteiger partial charge in [-0.05, 0) is 80.6 Å². The van der Waals surface area contributed by atoms with Gasteiger partial charge in [0.05, 0.1) is 21.1 Å². The van der Waals surface area contributed by atoms with Crippen molar-refractivity contribution < 1.29 is 4.79 Å². The molecule has 4 bridgehead atoms. The number of benzene rings is 1. The molecule has 8 heteroatoms. The zero-order chi connectivity index (χ0) is 18.5. The van der Waals surface area contributed by atoms with Crippen molar-refractivity contribution in [1.82, 2.24) is 10.7 Å². The van der Waals surface area contributed by atoms with Gasteiger partial charge in [-0.25, -0.2) is 0 Å². The first-order chi connectivity index (χ1) is 12.3. The summed E-state index contributed by atoms with van der Waals surface area (Å²) in [4.78, 5) is 13.0. The zero-order valence-electron chi connectivity index (χ0n) is 14.1. The Morgan fingerprint density at radius 2 is 1.50 bits per heavy atom. The highest BCUT2D eigenvalue weighted by molar-refractivity contribution is 7.80. The van der Waals surface area contributed by atoms with Gasteiger partial charge in [-0.3, -0.25) is 15.6 Å². The Morgan fingerprint density at radius 3 is 2.00 bits per heavy atom. The van der Waals surface area contributed by atoms with Crippen LogP contribution in [0, 0.1) is 23.2 Å². The quantitative estimate of drug-likeness (QED) is 0.455. The standard InChI is InChI=1S/C18H20Cl3N3OS/c19-12-4-13(20)15(14(21)5-12)23-24-17(26)22-16(25)18-6-9-1-10(7-18)3-11(2-9)8-18/h4-5,9-11,23H,1-3,6-8H2,(H2,22,24,25,26). The van der Waals surface area contributed by atoms with Crippen LogP contribution in [0.1, 0.15) is 38.5 Å². The molecule has 1 aromatic carbocycles. The number of amides is 1. The first kappa shape index (κ1) is 18.6. The van der Waals surface area contributed by atoms with Gasteiger partial charge >= 0.3 is 0 Å². The summed E-state index contributed by atoms with van der Waals surface area (Å²) < 4.78 is 0. The minimum absolute atomic E-state index is 0.0456. The monoisotopic (exact) mass is 431 g/mol. The van der Waals surface area contributed by atoms with Gasteiger partial charge in [0.2, 0.25) is 5.91 Å². The van der Waals surface area contributed by atoms with E-state index >= 15 is 0 Å². The maximum atomic E-state index is 13.0. The average Bonchev–Trinajstić information content (AvgIpc) is 2.52. The van der Waals surface area contributed by atoms with Crippen molar-refractivity contribution in [2.75, 3.05) is 5.43 Å². The van der Waals surface area contributed by atoms with E-state index < -0.39 is 0 Å². The second-order valence-corrected chi connectivity index (χ2v) is 9.63. The highest BCUT2D eigenvalue weighted by Gasteiger charge is 2.54. The number of hydrogen-bond donors (Lipinski definition) is 3. The minimum atomic E-state index is -0.240. The fourth-order valence-corrected chi connectivity index (χ4v) is 6.49. The number of nitrogens with one attached hydrogen (secondary N) is 3. The number of halogens is 3. The number of hydrazine groups is 1. The molecule has 4 nitrogen and oxygen atoms in total. The Bertz CT molecular complexity index is 712. The third-order valence-corrected chi connectivity index (χ3v) is 7.07. The molecule has 0 heterocycles. The van der Waals surface area contributed by atoms with Gasteiger partial charge in [0, 0.05) is 5.02 Å². The fraction of sp³-hybridized carbons (Fsp3) is 0.556. The van der Waals surface area contributed by atoms with Crippen LogP contribution in [0.15, 0.2) is 12.1 Å². The van der Waals surface area contributed by atoms with Crippen molar-refractivity contribution in [2.45, 2.75) is 38.5 Å². The molecule has 5 rings (SSSR count). The SMILES string of the molecule is O=C(NC(=S)NNc1c(Cl)cc(Cl)cc1Cl)C12CC3CC(CC(C3)C1)C2. The lowest BCUT2D eigenvalue weighted by atomic mass is 9.49. The summed E-state index contributed by atoms with van der Waals surface area (Å²) >= 11 is 23.4. The van der Waals surface area contributed by atoms with E-state index in [1.54, 1.807) is 12.1 Å². The van der Waals surface area contributed by atoms with Crippen molar-refractivity contribution in [1.29, 1.82) is 0 Å². The molecule has 4 aliphatic carbocycles. The lowest BCUT2D eigenvalue weighted by Crippen LogP contribution is -2.56. The molecule has 0 aliphatic heterocycles. The van der Waals surface area contributed by atoms with Crippen LogP contribution in [0.25, 0.3) is 0 Å². The number of thiocarbonyl (C=S) groups is 1. The van der Waals surface area contributed by atoms with Crippen LogP contribution in [0.5, 0.6) is 0 Å². The highest BCUT2D eigenvalue weighted by Crippen LogP contribution is 2.60. The molecule has 0 unspecified atom stereocenters. The Hall–Kier alpha value is -0.750. The molecule has 0 saturated heterocycles. The molecule has 1 amide bonds. The number of rotatable bonds is 3. The Balaban J connectivity index is 1.37. The molecule has 0 atom stereocenters. The maximum Gasteiger partial charge on any atom is 0.232 e. The van der Waals surface area contributed by atoms with Crippen molar-refractivity contribution in [2.24, 2.45) is 23.2 Å². The minimum Gasteiger partial charge on any atom is -0.301 e. The van der Waals surface area contributed by atoms with Gasteiger partial charge in [0.1, 0.15) is 0 Å². The largest absolute Gasteiger partial charge is 0.301 e. The molecule has 0 spiro atoms. The second-order valence-electron chi connectivity index (χ2n) is 7.98. The topological polar surface area (TPSA) is 53.2 Å². The van der Waals surface area contributed by atoms with Crippen molar-refractivity contribution >= 4 is 63.7 Å². The molecule has 1 aromatic rings. The van der Waals surface area contributed by atoms with E-state index in [0.29, 0.717) is 38.5 Å². The highest BCUT2D eigenvalue weighted by atomic mass is 35.5. The number of carbonyl (C=O) groups excluding carboxylic acids is 1. The Labute approximate surface area is 173 Å². The molecular formula is C18H20Cl3N3OS. The van der Waals surface area contributed by atoms with Gasteiger partial charge in [0.25, 0.3) is 0 Å². The van der Waals surface area contributed by atoms with E-state index in [1.807, 2.05) is 0 Å². The van der Waals surface area contributed by atoms with Crippen LogP contribution >= 0.6 is 47.0 Å². The summed E-state index contributed by atoms with van der Waals surface area (Å²) in [5, 5.41) is 4.26. The fourth-order valence-electron chi connectivity index (χ4n) is 5.44. The van der Waals surface area contributed by atoms with Crippen LogP contribution in [-0.2, 0) is 4.79 Å². The first-order valence-corrected chi connectivity index (χ1v) is 10.4. The summed E-state index contributed by atoms with van der Waals surface area (Å²) in [6, 6.07) is 3.16. The molecule has 140 valence electrons. The van der Waals surface area contributed by atoms with Crippen LogP contribution in [0.4, 0.5) is 5.69 Å². The van der Waals surface area contributed by atoms with E-state index in [9.17, 15) is 4.79 Å². The summed E-state index contributed by atoms with van der Waals surface area (Å²) in [6.07, 6.45) is 6.88. The third kappa shape index (κ3) is 3.51. The molecule has 26 heavy (non-hydrogen) atoms. The predicted octanol–water partition coefficient (Wildman–Crippen LogP) is 5.18. The molecule has 4 fully saturated rings. The number of hydrogen-bond acceptors (Lipinski definition) is 3. The average molecular weight is 433 g/mol. The molecular weight excluding hydrogens is 413 g/mol. The van der Waals surface area contributed by atoms with E-state index in [-0.39, 0.29) is 16.4 Å². The summed E-state index contributed by atoms with van der Waals surface area (Å²) in [5.41, 5.74) is 5.88. The predicted molar refractivity (Wildman–Crippen MR) is 110 cm³/mol. The van der Waals surface area contributed by atoms with Crippen LogP contribution in [0.2, 0.25) is 15.1 Å². The first-order valence-electron chi connectivity index (χ1n) is 8.86. The van der Waals surface area contributed by atoms with Gasteiger partial charge in [-0.2, -0.15) is 0 Å². The lowest BCUT2D eigenvalue weighted by Gasteiger charge is -2.55. The van der Waals surface area contributed by atoms with E-state index in [2.05, 4.69) is 16.2 Å². The molecule has 4 aliphatic rings. The number of anilines is 1. The van der Waals surface area contributed by atoms with Gasteiger partial charge in [-0.1, -0.05) is 34.8 Å². The maximum absolute atomic E-state index is 13.0. The van der Waals surface area contributed by atoms with Crippen molar-refractivity contribution in [3.05, 3.63) is 27.2 Å². The van der Waals surface area contributed by atoms with Crippen molar-refractivity contribution in [3.63, 3.8) is 0 Å². The Morgan fingerprint density at radius 1 is 1.00 bits per heavy atom. The van der Waals surface area contributed by atoms with Gasteiger partial charge in [0.15, 0.2) is 5.11 Å². The van der Waals surface area contributed by atoms with Crippen LogP contribution in [-0.4, -0.2) is 11.0 Å². The summed E-state index contributed by atoms with van der Waals surface area (Å²) in [6.45, 7) is 0. The van der Waals surface area contributed by atoms with E-state index in [4.69, 9.17) is 47.0 Å². The molecule has 0 aromatic heterocycles. The summed E-state index contributed by atoms with van der Waals surface area (Å²) in [5.74, 6) is 2.17. The third-order valence-electron chi connectivity index (χ3n) is 6.05. The van der Waals surface area contributed by atoms with Gasteiger partial charge in [-0.15, -0.1) is 0 Å². The second kappa shape index (κ2) is 7.01. The van der Waals surface area contributed by atoms with E-state index in [0.717, 1.165) is 19.3 Å². The zero-order valence-corrected chi connectivity index (χ0v) is 17.2.